The van der Waals surface area contributed by atoms with Crippen molar-refractivity contribution in [3.05, 3.63) is 70.5 Å². The molecule has 0 fully saturated rings. The first-order valence-corrected chi connectivity index (χ1v) is 6.51. The second-order valence-corrected chi connectivity index (χ2v) is 4.67. The number of carbonyl (C=O) groups is 1. The standard InChI is InChI=1S/C16H12ClFO3/c17-13-6-7-15(11(9-13)5-8-16(19)20)21-10-12-3-1-2-4-14(12)18/h1-9H,10H2,(H,19,20). The summed E-state index contributed by atoms with van der Waals surface area (Å²) in [4.78, 5) is 10.6. The Kier molecular flexibility index (Phi) is 4.95. The molecule has 0 spiro atoms. The highest BCUT2D eigenvalue weighted by molar-refractivity contribution is 6.30. The van der Waals surface area contributed by atoms with Gasteiger partial charge >= 0.3 is 5.97 Å². The molecule has 21 heavy (non-hydrogen) atoms. The lowest BCUT2D eigenvalue weighted by Gasteiger charge is -2.10. The maximum absolute atomic E-state index is 13.5. The summed E-state index contributed by atoms with van der Waals surface area (Å²) < 4.78 is 19.1. The predicted molar refractivity (Wildman–Crippen MR) is 78.9 cm³/mol. The van der Waals surface area contributed by atoms with Gasteiger partial charge in [-0.25, -0.2) is 9.18 Å². The van der Waals surface area contributed by atoms with Gasteiger partial charge in [-0.3, -0.25) is 0 Å². The molecule has 5 heteroatoms. The van der Waals surface area contributed by atoms with Crippen LogP contribution >= 0.6 is 11.6 Å². The van der Waals surface area contributed by atoms with E-state index >= 15 is 0 Å². The zero-order chi connectivity index (χ0) is 15.2. The molecule has 2 aromatic carbocycles. The molecule has 3 nitrogen and oxygen atoms in total. The minimum atomic E-state index is -1.07. The molecule has 1 N–H and O–H groups in total. The molecule has 0 heterocycles. The molecule has 0 saturated carbocycles. The zero-order valence-electron chi connectivity index (χ0n) is 10.9. The summed E-state index contributed by atoms with van der Waals surface area (Å²) in [6.07, 6.45) is 2.37. The van der Waals surface area contributed by atoms with Crippen molar-refractivity contribution in [2.24, 2.45) is 0 Å². The van der Waals surface area contributed by atoms with Crippen LogP contribution in [0.1, 0.15) is 11.1 Å². The van der Waals surface area contributed by atoms with E-state index in [1.54, 1.807) is 36.4 Å². The minimum Gasteiger partial charge on any atom is -0.488 e. The molecule has 0 atom stereocenters. The fraction of sp³-hybridized carbons (Fsp3) is 0.0625. The molecule has 0 unspecified atom stereocenters. The molecule has 2 rings (SSSR count). The number of hydrogen-bond donors (Lipinski definition) is 1. The molecule has 0 aliphatic carbocycles. The van der Waals surface area contributed by atoms with E-state index in [-0.39, 0.29) is 12.4 Å². The highest BCUT2D eigenvalue weighted by Crippen LogP contribution is 2.25. The lowest BCUT2D eigenvalue weighted by molar-refractivity contribution is -0.131. The first kappa shape index (κ1) is 15.1. The lowest BCUT2D eigenvalue weighted by atomic mass is 10.2. The van der Waals surface area contributed by atoms with Crippen LogP contribution in [0.15, 0.2) is 48.5 Å². The van der Waals surface area contributed by atoms with Crippen molar-refractivity contribution < 1.29 is 19.0 Å². The molecule has 0 bridgehead atoms. The Bertz CT molecular complexity index is 683. The van der Waals surface area contributed by atoms with Gasteiger partial charge in [0.15, 0.2) is 0 Å². The number of benzene rings is 2. The summed E-state index contributed by atoms with van der Waals surface area (Å²) >= 11 is 5.88. The number of hydrogen-bond acceptors (Lipinski definition) is 2. The SMILES string of the molecule is O=C(O)C=Cc1cc(Cl)ccc1OCc1ccccc1F. The summed E-state index contributed by atoms with van der Waals surface area (Å²) in [6, 6.07) is 11.1. The van der Waals surface area contributed by atoms with Crippen molar-refractivity contribution in [3.63, 3.8) is 0 Å². The van der Waals surface area contributed by atoms with E-state index in [2.05, 4.69) is 0 Å². The number of carboxylic acids is 1. The van der Waals surface area contributed by atoms with Crippen LogP contribution in [-0.2, 0) is 11.4 Å². The Morgan fingerprint density at radius 3 is 2.76 bits per heavy atom. The minimum absolute atomic E-state index is 0.0439. The Morgan fingerprint density at radius 2 is 2.05 bits per heavy atom. The molecule has 0 aliphatic rings. The monoisotopic (exact) mass is 306 g/mol. The molecule has 0 aromatic heterocycles. The molecular formula is C16H12ClFO3. The van der Waals surface area contributed by atoms with Crippen molar-refractivity contribution in [1.82, 2.24) is 0 Å². The van der Waals surface area contributed by atoms with E-state index in [1.807, 2.05) is 0 Å². The van der Waals surface area contributed by atoms with Crippen molar-refractivity contribution in [2.45, 2.75) is 6.61 Å². The van der Waals surface area contributed by atoms with Gasteiger partial charge in [0.1, 0.15) is 18.2 Å². The van der Waals surface area contributed by atoms with Crippen LogP contribution in [0.3, 0.4) is 0 Å². The van der Waals surface area contributed by atoms with Crippen molar-refractivity contribution in [1.29, 1.82) is 0 Å². The summed E-state index contributed by atoms with van der Waals surface area (Å²) in [7, 11) is 0. The predicted octanol–water partition coefficient (Wildman–Crippen LogP) is 4.16. The quantitative estimate of drug-likeness (QED) is 0.844. The average Bonchev–Trinajstić information content (AvgIpc) is 2.45. The Hall–Kier alpha value is -2.33. The highest BCUT2D eigenvalue weighted by atomic mass is 35.5. The van der Waals surface area contributed by atoms with Gasteiger partial charge in [-0.05, 0) is 30.3 Å². The van der Waals surface area contributed by atoms with Crippen molar-refractivity contribution in [2.75, 3.05) is 0 Å². The van der Waals surface area contributed by atoms with Gasteiger partial charge in [-0.1, -0.05) is 29.8 Å². The number of rotatable bonds is 5. The first-order chi connectivity index (χ1) is 10.1. The number of ether oxygens (including phenoxy) is 1. The van der Waals surface area contributed by atoms with Crippen LogP contribution in [-0.4, -0.2) is 11.1 Å². The normalized spacial score (nSPS) is 10.8. The Morgan fingerprint density at radius 1 is 1.29 bits per heavy atom. The van der Waals surface area contributed by atoms with Crippen LogP contribution in [0.4, 0.5) is 4.39 Å². The number of carboxylic acid groups (broad SMARTS) is 1. The Balaban J connectivity index is 2.20. The molecular weight excluding hydrogens is 295 g/mol. The summed E-state index contributed by atoms with van der Waals surface area (Å²) in [5.74, 6) is -0.996. The second-order valence-electron chi connectivity index (χ2n) is 4.23. The summed E-state index contributed by atoms with van der Waals surface area (Å²) in [6.45, 7) is 0.0439. The molecule has 2 aromatic rings. The van der Waals surface area contributed by atoms with Gasteiger partial charge in [0.25, 0.3) is 0 Å². The number of halogens is 2. The van der Waals surface area contributed by atoms with Crippen LogP contribution < -0.4 is 4.74 Å². The van der Waals surface area contributed by atoms with E-state index in [1.165, 1.54) is 12.1 Å². The molecule has 0 radical (unpaired) electrons. The van der Waals surface area contributed by atoms with Gasteiger partial charge in [-0.2, -0.15) is 0 Å². The maximum Gasteiger partial charge on any atom is 0.328 e. The van der Waals surface area contributed by atoms with E-state index in [4.69, 9.17) is 21.4 Å². The third-order valence-corrected chi connectivity index (χ3v) is 2.95. The third kappa shape index (κ3) is 4.33. The fourth-order valence-corrected chi connectivity index (χ4v) is 1.89. The second kappa shape index (κ2) is 6.90. The topological polar surface area (TPSA) is 46.5 Å². The average molecular weight is 307 g/mol. The lowest BCUT2D eigenvalue weighted by Crippen LogP contribution is -1.99. The van der Waals surface area contributed by atoms with Crippen molar-refractivity contribution in [3.8, 4) is 5.75 Å². The van der Waals surface area contributed by atoms with Crippen LogP contribution in [0, 0.1) is 5.82 Å². The van der Waals surface area contributed by atoms with Gasteiger partial charge in [0.05, 0.1) is 0 Å². The van der Waals surface area contributed by atoms with E-state index < -0.39 is 5.97 Å². The summed E-state index contributed by atoms with van der Waals surface area (Å²) in [5, 5.41) is 9.13. The van der Waals surface area contributed by atoms with Crippen LogP contribution in [0.2, 0.25) is 5.02 Å². The Labute approximate surface area is 126 Å². The first-order valence-electron chi connectivity index (χ1n) is 6.13. The maximum atomic E-state index is 13.5. The van der Waals surface area contributed by atoms with Gasteiger partial charge in [-0.15, -0.1) is 0 Å². The van der Waals surface area contributed by atoms with Crippen LogP contribution in [0.5, 0.6) is 5.75 Å². The van der Waals surface area contributed by atoms with E-state index in [9.17, 15) is 9.18 Å². The van der Waals surface area contributed by atoms with Crippen molar-refractivity contribution >= 4 is 23.6 Å². The fourth-order valence-electron chi connectivity index (χ4n) is 1.71. The van der Waals surface area contributed by atoms with Crippen LogP contribution in [0.25, 0.3) is 6.08 Å². The smallest absolute Gasteiger partial charge is 0.328 e. The van der Waals surface area contributed by atoms with E-state index in [0.29, 0.717) is 21.9 Å². The molecule has 0 aliphatic heterocycles. The highest BCUT2D eigenvalue weighted by Gasteiger charge is 2.06. The number of aliphatic carboxylic acids is 1. The largest absolute Gasteiger partial charge is 0.488 e. The molecule has 0 amide bonds. The molecule has 108 valence electrons. The van der Waals surface area contributed by atoms with Gasteiger partial charge < -0.3 is 9.84 Å². The third-order valence-electron chi connectivity index (χ3n) is 2.72. The zero-order valence-corrected chi connectivity index (χ0v) is 11.7. The van der Waals surface area contributed by atoms with Gasteiger partial charge in [0.2, 0.25) is 0 Å². The summed E-state index contributed by atoms with van der Waals surface area (Å²) in [5.41, 5.74) is 0.932. The molecule has 0 saturated heterocycles. The van der Waals surface area contributed by atoms with E-state index in [0.717, 1.165) is 6.08 Å². The van der Waals surface area contributed by atoms with Gasteiger partial charge in [0, 0.05) is 22.2 Å².